The third-order valence-electron chi connectivity index (χ3n) is 3.69. The molecule has 0 aromatic heterocycles. The quantitative estimate of drug-likeness (QED) is 0.717. The fourth-order valence-corrected chi connectivity index (χ4v) is 2.33. The molecule has 1 amide bonds. The van der Waals surface area contributed by atoms with E-state index >= 15 is 0 Å². The number of alkyl carbamates (subject to hydrolysis) is 1. The van der Waals surface area contributed by atoms with E-state index in [1.807, 2.05) is 12.1 Å². The zero-order valence-electron chi connectivity index (χ0n) is 16.1. The normalized spacial score (nSPS) is 11.8. The molecule has 0 bridgehead atoms. The second-order valence-electron chi connectivity index (χ2n) is 7.31. The van der Waals surface area contributed by atoms with Crippen molar-refractivity contribution < 1.29 is 27.4 Å². The molecule has 0 aliphatic heterocycles. The number of nitrogens with one attached hydrogen (secondary N) is 1. The third-order valence-corrected chi connectivity index (χ3v) is 3.69. The van der Waals surface area contributed by atoms with E-state index in [0.717, 1.165) is 17.7 Å². The molecule has 0 radical (unpaired) electrons. The van der Waals surface area contributed by atoms with Crippen LogP contribution in [-0.2, 0) is 23.9 Å². The molecule has 2 rings (SSSR count). The molecule has 0 atom stereocenters. The summed E-state index contributed by atoms with van der Waals surface area (Å²) >= 11 is 0. The Morgan fingerprint density at radius 1 is 0.929 bits per heavy atom. The molecule has 2 aromatic carbocycles. The molecule has 0 saturated heterocycles. The van der Waals surface area contributed by atoms with Crippen LogP contribution in [0.1, 0.15) is 37.5 Å². The van der Waals surface area contributed by atoms with Crippen molar-refractivity contribution in [3.05, 3.63) is 65.2 Å². The predicted molar refractivity (Wildman–Crippen MR) is 100 cm³/mol. The molecular formula is C21H24F3NO3. The lowest BCUT2D eigenvalue weighted by Gasteiger charge is -2.19. The topological polar surface area (TPSA) is 47.6 Å². The summed E-state index contributed by atoms with van der Waals surface area (Å²) in [6, 6.07) is 12.2. The molecule has 7 heteroatoms. The third kappa shape index (κ3) is 7.50. The summed E-state index contributed by atoms with van der Waals surface area (Å²) < 4.78 is 48.4. The smallest absolute Gasteiger partial charge is 0.416 e. The van der Waals surface area contributed by atoms with Crippen molar-refractivity contribution in [1.82, 2.24) is 5.32 Å². The van der Waals surface area contributed by atoms with E-state index < -0.39 is 23.4 Å². The zero-order chi connectivity index (χ0) is 20.8. The van der Waals surface area contributed by atoms with Crippen LogP contribution in [0.4, 0.5) is 18.0 Å². The average molecular weight is 395 g/mol. The van der Waals surface area contributed by atoms with Crippen LogP contribution in [0.25, 0.3) is 0 Å². The van der Waals surface area contributed by atoms with Gasteiger partial charge in [-0.25, -0.2) is 4.79 Å². The molecule has 152 valence electrons. The van der Waals surface area contributed by atoms with Crippen LogP contribution in [0.15, 0.2) is 48.5 Å². The highest BCUT2D eigenvalue weighted by atomic mass is 19.4. The first-order valence-corrected chi connectivity index (χ1v) is 8.88. The molecule has 0 unspecified atom stereocenters. The van der Waals surface area contributed by atoms with E-state index in [1.54, 1.807) is 32.9 Å². The Morgan fingerprint density at radius 3 is 2.04 bits per heavy atom. The van der Waals surface area contributed by atoms with Crippen molar-refractivity contribution in [3.8, 4) is 5.75 Å². The van der Waals surface area contributed by atoms with Crippen molar-refractivity contribution >= 4 is 6.09 Å². The fourth-order valence-electron chi connectivity index (χ4n) is 2.33. The van der Waals surface area contributed by atoms with E-state index in [0.29, 0.717) is 24.3 Å². The van der Waals surface area contributed by atoms with Gasteiger partial charge >= 0.3 is 12.3 Å². The van der Waals surface area contributed by atoms with Gasteiger partial charge in [0.15, 0.2) is 0 Å². The van der Waals surface area contributed by atoms with Gasteiger partial charge in [0.2, 0.25) is 0 Å². The van der Waals surface area contributed by atoms with Crippen LogP contribution in [0.5, 0.6) is 5.75 Å². The lowest BCUT2D eigenvalue weighted by Crippen LogP contribution is -2.33. The number of carbonyl (C=O) groups is 1. The molecule has 0 fully saturated rings. The summed E-state index contributed by atoms with van der Waals surface area (Å²) in [7, 11) is 0. The largest absolute Gasteiger partial charge is 0.489 e. The van der Waals surface area contributed by atoms with Crippen LogP contribution in [0.3, 0.4) is 0 Å². The maximum absolute atomic E-state index is 12.6. The molecule has 28 heavy (non-hydrogen) atoms. The number of halogens is 3. The second-order valence-corrected chi connectivity index (χ2v) is 7.31. The molecule has 0 spiro atoms. The number of benzene rings is 2. The van der Waals surface area contributed by atoms with E-state index in [9.17, 15) is 18.0 Å². The first-order valence-electron chi connectivity index (χ1n) is 8.88. The molecule has 0 heterocycles. The monoisotopic (exact) mass is 395 g/mol. The molecule has 0 aliphatic rings. The van der Waals surface area contributed by atoms with Gasteiger partial charge in [-0.1, -0.05) is 24.3 Å². The van der Waals surface area contributed by atoms with Gasteiger partial charge in [0.25, 0.3) is 0 Å². The number of hydrogen-bond donors (Lipinski definition) is 1. The van der Waals surface area contributed by atoms with Gasteiger partial charge in [0.05, 0.1) is 5.56 Å². The molecule has 0 aliphatic carbocycles. The van der Waals surface area contributed by atoms with Gasteiger partial charge in [-0.2, -0.15) is 13.2 Å². The van der Waals surface area contributed by atoms with E-state index in [4.69, 9.17) is 9.47 Å². The Kier molecular flexibility index (Phi) is 6.94. The Balaban J connectivity index is 1.77. The van der Waals surface area contributed by atoms with Crippen molar-refractivity contribution in [2.75, 3.05) is 6.54 Å². The lowest BCUT2D eigenvalue weighted by molar-refractivity contribution is -0.137. The average Bonchev–Trinajstić information content (AvgIpc) is 2.59. The molecule has 2 aromatic rings. The maximum atomic E-state index is 12.6. The standard InChI is InChI=1S/C21H24F3NO3/c1-20(2,3)28-19(26)25-13-12-15-6-10-18(11-7-15)27-14-16-4-8-17(9-5-16)21(22,23)24/h4-11H,12-14H2,1-3H3,(H,25,26). The number of alkyl halides is 3. The van der Waals surface area contributed by atoms with Gasteiger partial charge in [0, 0.05) is 6.54 Å². The summed E-state index contributed by atoms with van der Waals surface area (Å²) in [5.74, 6) is 0.615. The van der Waals surface area contributed by atoms with Crippen LogP contribution >= 0.6 is 0 Å². The Morgan fingerprint density at radius 2 is 1.50 bits per heavy atom. The minimum atomic E-state index is -4.34. The highest BCUT2D eigenvalue weighted by Crippen LogP contribution is 2.29. The van der Waals surface area contributed by atoms with Crippen LogP contribution in [0.2, 0.25) is 0 Å². The van der Waals surface area contributed by atoms with E-state index in [-0.39, 0.29) is 6.61 Å². The summed E-state index contributed by atoms with van der Waals surface area (Å²) in [6.45, 7) is 6.03. The Labute approximate surface area is 162 Å². The lowest BCUT2D eigenvalue weighted by atomic mass is 10.1. The summed E-state index contributed by atoms with van der Waals surface area (Å²) in [4.78, 5) is 11.6. The van der Waals surface area contributed by atoms with Crippen LogP contribution < -0.4 is 10.1 Å². The second kappa shape index (κ2) is 8.99. The number of carbonyl (C=O) groups excluding carboxylic acids is 1. The van der Waals surface area contributed by atoms with Crippen molar-refractivity contribution in [2.45, 2.75) is 45.6 Å². The van der Waals surface area contributed by atoms with Gasteiger partial charge < -0.3 is 14.8 Å². The summed E-state index contributed by atoms with van der Waals surface area (Å²) in [6.07, 6.45) is -4.16. The van der Waals surface area contributed by atoms with Gasteiger partial charge in [-0.05, 0) is 62.6 Å². The fraction of sp³-hybridized carbons (Fsp3) is 0.381. The number of ether oxygens (including phenoxy) is 2. The molecular weight excluding hydrogens is 371 g/mol. The number of hydrogen-bond acceptors (Lipinski definition) is 3. The predicted octanol–water partition coefficient (Wildman–Crippen LogP) is 5.35. The highest BCUT2D eigenvalue weighted by Gasteiger charge is 2.29. The minimum Gasteiger partial charge on any atom is -0.489 e. The van der Waals surface area contributed by atoms with Crippen molar-refractivity contribution in [1.29, 1.82) is 0 Å². The van der Waals surface area contributed by atoms with Crippen molar-refractivity contribution in [3.63, 3.8) is 0 Å². The molecule has 0 saturated carbocycles. The Bertz CT molecular complexity index is 763. The van der Waals surface area contributed by atoms with Gasteiger partial charge in [0.1, 0.15) is 18.0 Å². The van der Waals surface area contributed by atoms with Gasteiger partial charge in [-0.15, -0.1) is 0 Å². The summed E-state index contributed by atoms with van der Waals surface area (Å²) in [5.41, 5.74) is 0.452. The number of rotatable bonds is 6. The highest BCUT2D eigenvalue weighted by molar-refractivity contribution is 5.67. The van der Waals surface area contributed by atoms with Crippen LogP contribution in [0, 0.1) is 0 Å². The van der Waals surface area contributed by atoms with E-state index in [1.165, 1.54) is 12.1 Å². The zero-order valence-corrected chi connectivity index (χ0v) is 16.1. The molecule has 1 N–H and O–H groups in total. The first kappa shape index (κ1) is 21.6. The van der Waals surface area contributed by atoms with Crippen molar-refractivity contribution in [2.24, 2.45) is 0 Å². The minimum absolute atomic E-state index is 0.178. The maximum Gasteiger partial charge on any atom is 0.416 e. The van der Waals surface area contributed by atoms with E-state index in [2.05, 4.69) is 5.32 Å². The van der Waals surface area contributed by atoms with Crippen LogP contribution in [-0.4, -0.2) is 18.2 Å². The molecule has 4 nitrogen and oxygen atoms in total. The van der Waals surface area contributed by atoms with Gasteiger partial charge in [-0.3, -0.25) is 0 Å². The summed E-state index contributed by atoms with van der Waals surface area (Å²) in [5, 5.41) is 2.69. The number of amides is 1. The SMILES string of the molecule is CC(C)(C)OC(=O)NCCc1ccc(OCc2ccc(C(F)(F)F)cc2)cc1. The first-order chi connectivity index (χ1) is 13.0. The Hall–Kier alpha value is -2.70.